The molecule has 41 heavy (non-hydrogen) atoms. The summed E-state index contributed by atoms with van der Waals surface area (Å²) in [4.78, 5) is 17.8. The molecule has 2 aromatic heterocycles. The fourth-order valence-electron chi connectivity index (χ4n) is 5.82. The van der Waals surface area contributed by atoms with Gasteiger partial charge in [0.25, 0.3) is 5.91 Å². The van der Waals surface area contributed by atoms with Crippen molar-refractivity contribution in [3.63, 3.8) is 0 Å². The van der Waals surface area contributed by atoms with Gasteiger partial charge < -0.3 is 19.7 Å². The number of aromatic nitrogens is 4. The minimum Gasteiger partial charge on any atom is -0.490 e. The van der Waals surface area contributed by atoms with Gasteiger partial charge in [-0.2, -0.15) is 5.10 Å². The van der Waals surface area contributed by atoms with Gasteiger partial charge in [0.15, 0.2) is 5.82 Å². The number of nitrogens with zero attached hydrogens (tertiary/aromatic N) is 6. The highest BCUT2D eigenvalue weighted by atomic mass is 32.1. The molecule has 3 fully saturated rings. The number of para-hydroxylation sites is 1. The summed E-state index contributed by atoms with van der Waals surface area (Å²) in [6.07, 6.45) is 7.83. The minimum atomic E-state index is -0.526. The summed E-state index contributed by atoms with van der Waals surface area (Å²) in [5.41, 5.74) is 1.23. The third kappa shape index (κ3) is 6.94. The van der Waals surface area contributed by atoms with Gasteiger partial charge in [-0.05, 0) is 75.7 Å². The number of rotatable bonds is 11. The van der Waals surface area contributed by atoms with E-state index in [9.17, 15) is 4.79 Å². The number of likely N-dealkylation sites (tertiary alicyclic amines) is 1. The molecule has 1 amide bonds. The van der Waals surface area contributed by atoms with Crippen LogP contribution in [-0.2, 0) is 16.1 Å². The van der Waals surface area contributed by atoms with Crippen LogP contribution in [0.5, 0.6) is 5.75 Å². The highest BCUT2D eigenvalue weighted by molar-refractivity contribution is 7.19. The highest BCUT2D eigenvalue weighted by Crippen LogP contribution is 2.31. The van der Waals surface area contributed by atoms with Crippen molar-refractivity contribution in [2.45, 2.75) is 63.3 Å². The van der Waals surface area contributed by atoms with Crippen LogP contribution in [0.3, 0.4) is 0 Å². The second-order valence-electron chi connectivity index (χ2n) is 11.1. The smallest absolute Gasteiger partial charge is 0.255 e. The van der Waals surface area contributed by atoms with Crippen LogP contribution in [-0.4, -0.2) is 82.7 Å². The Morgan fingerprint density at radius 2 is 1.85 bits per heavy atom. The lowest BCUT2D eigenvalue weighted by Crippen LogP contribution is -2.43. The summed E-state index contributed by atoms with van der Waals surface area (Å²) >= 11 is 1.34. The number of piperidine rings is 1. The van der Waals surface area contributed by atoms with E-state index in [0.29, 0.717) is 16.4 Å². The first-order valence-electron chi connectivity index (χ1n) is 14.6. The van der Waals surface area contributed by atoms with Gasteiger partial charge >= 0.3 is 0 Å². The normalized spacial score (nSPS) is 20.9. The Labute approximate surface area is 244 Å². The average Bonchev–Trinajstić information content (AvgIpc) is 3.63. The van der Waals surface area contributed by atoms with Crippen molar-refractivity contribution >= 4 is 33.3 Å². The number of carbonyl (C=O) groups is 1. The Bertz CT molecular complexity index is 1280. The summed E-state index contributed by atoms with van der Waals surface area (Å²) in [6, 6.07) is 12.5. The zero-order valence-corrected chi connectivity index (χ0v) is 24.3. The van der Waals surface area contributed by atoms with Crippen LogP contribution in [0.2, 0.25) is 0 Å². The summed E-state index contributed by atoms with van der Waals surface area (Å²) in [5.74, 6) is 1.87. The monoisotopic (exact) mass is 578 g/mol. The number of anilines is 3. The maximum Gasteiger partial charge on any atom is 0.255 e. The lowest BCUT2D eigenvalue weighted by atomic mass is 9.90. The molecule has 11 nitrogen and oxygen atoms in total. The van der Waals surface area contributed by atoms with E-state index in [0.717, 1.165) is 76.4 Å². The molecular formula is C29H38N8O3S. The fraction of sp³-hybridized carbons (Fsp3) is 0.552. The third-order valence-electron chi connectivity index (χ3n) is 8.34. The molecular weight excluding hydrogens is 540 g/mol. The van der Waals surface area contributed by atoms with Gasteiger partial charge in [-0.15, -0.1) is 15.3 Å². The fourth-order valence-corrected chi connectivity index (χ4v) is 6.54. The van der Waals surface area contributed by atoms with Crippen LogP contribution < -0.4 is 20.3 Å². The van der Waals surface area contributed by atoms with Gasteiger partial charge in [0.2, 0.25) is 10.3 Å². The first-order valence-corrected chi connectivity index (χ1v) is 15.4. The van der Waals surface area contributed by atoms with E-state index in [4.69, 9.17) is 9.47 Å². The van der Waals surface area contributed by atoms with Crippen molar-refractivity contribution < 1.29 is 14.3 Å². The summed E-state index contributed by atoms with van der Waals surface area (Å²) in [7, 11) is 1.61. The largest absolute Gasteiger partial charge is 0.490 e. The van der Waals surface area contributed by atoms with Crippen LogP contribution in [0.4, 0.5) is 16.1 Å². The highest BCUT2D eigenvalue weighted by Gasteiger charge is 2.33. The van der Waals surface area contributed by atoms with Crippen molar-refractivity contribution in [3.05, 3.63) is 48.2 Å². The van der Waals surface area contributed by atoms with Gasteiger partial charge in [-0.3, -0.25) is 15.0 Å². The van der Waals surface area contributed by atoms with Crippen LogP contribution in [0.15, 0.2) is 42.6 Å². The van der Waals surface area contributed by atoms with E-state index in [1.165, 1.54) is 23.3 Å². The first-order chi connectivity index (χ1) is 20.1. The zero-order chi connectivity index (χ0) is 28.0. The molecule has 12 heteroatoms. The lowest BCUT2D eigenvalue weighted by molar-refractivity contribution is -0.130. The molecule has 3 aromatic rings. The lowest BCUT2D eigenvalue weighted by Gasteiger charge is -2.35. The van der Waals surface area contributed by atoms with E-state index >= 15 is 0 Å². The topological polar surface area (TPSA) is 118 Å². The van der Waals surface area contributed by atoms with Crippen molar-refractivity contribution in [1.29, 1.82) is 0 Å². The van der Waals surface area contributed by atoms with E-state index in [1.807, 2.05) is 18.2 Å². The Hall–Kier alpha value is -3.35. The first kappa shape index (κ1) is 27.8. The number of benzene rings is 1. The van der Waals surface area contributed by atoms with Crippen LogP contribution in [0.25, 0.3) is 0 Å². The van der Waals surface area contributed by atoms with Gasteiger partial charge in [0.1, 0.15) is 11.9 Å². The molecule has 2 atom stereocenters. The Kier molecular flexibility index (Phi) is 8.88. The Morgan fingerprint density at radius 1 is 1.02 bits per heavy atom. The maximum absolute atomic E-state index is 13.2. The van der Waals surface area contributed by atoms with Crippen molar-refractivity contribution in [2.75, 3.05) is 48.8 Å². The van der Waals surface area contributed by atoms with Gasteiger partial charge in [0.05, 0.1) is 6.10 Å². The van der Waals surface area contributed by atoms with Crippen molar-refractivity contribution in [2.24, 2.45) is 5.92 Å². The zero-order valence-electron chi connectivity index (χ0n) is 23.4. The van der Waals surface area contributed by atoms with Crippen LogP contribution in [0, 0.1) is 5.92 Å². The molecule has 0 radical (unpaired) electrons. The number of amides is 1. The summed E-state index contributed by atoms with van der Waals surface area (Å²) < 4.78 is 11.9. The third-order valence-corrected chi connectivity index (χ3v) is 9.11. The molecule has 0 bridgehead atoms. The minimum absolute atomic E-state index is 0.147. The molecule has 3 aliphatic rings. The number of hydrogen-bond acceptors (Lipinski definition) is 11. The molecule has 4 heterocycles. The van der Waals surface area contributed by atoms with E-state index < -0.39 is 6.10 Å². The Balaban J connectivity index is 0.970. The molecule has 6 rings (SSSR count). The van der Waals surface area contributed by atoms with Crippen molar-refractivity contribution in [1.82, 2.24) is 25.3 Å². The van der Waals surface area contributed by atoms with E-state index in [-0.39, 0.29) is 17.9 Å². The second-order valence-corrected chi connectivity index (χ2v) is 12.1. The predicted molar refractivity (Wildman–Crippen MR) is 158 cm³/mol. The Morgan fingerprint density at radius 3 is 2.61 bits per heavy atom. The van der Waals surface area contributed by atoms with Crippen LogP contribution in [0.1, 0.15) is 44.1 Å². The molecule has 1 saturated carbocycles. The molecule has 218 valence electrons. The number of nitrogens with one attached hydrogen (secondary N) is 2. The number of carbonyl (C=O) groups excluding carboxylic acids is 1. The SMILES string of the molecule is COC(C(=O)Nc1nnc(N[C@@H]2CCN(c3cccnn3)C2)s1)C1CCN(Cc2ccccc2OC2CCC2)CC1. The average molecular weight is 579 g/mol. The molecule has 1 unspecified atom stereocenters. The summed E-state index contributed by atoms with van der Waals surface area (Å²) in [6.45, 7) is 4.39. The van der Waals surface area contributed by atoms with E-state index in [1.54, 1.807) is 13.3 Å². The van der Waals surface area contributed by atoms with Crippen molar-refractivity contribution in [3.8, 4) is 5.75 Å². The molecule has 2 aliphatic heterocycles. The quantitative estimate of drug-likeness (QED) is 0.348. The number of ether oxygens (including phenoxy) is 2. The molecule has 0 spiro atoms. The van der Waals surface area contributed by atoms with Gasteiger partial charge in [0, 0.05) is 44.5 Å². The van der Waals surface area contributed by atoms with Crippen LogP contribution >= 0.6 is 11.3 Å². The summed E-state index contributed by atoms with van der Waals surface area (Å²) in [5, 5.41) is 24.2. The molecule has 2 saturated heterocycles. The second kappa shape index (κ2) is 13.1. The van der Waals surface area contributed by atoms with Gasteiger partial charge in [-0.25, -0.2) is 0 Å². The molecule has 1 aliphatic carbocycles. The molecule has 2 N–H and O–H groups in total. The maximum atomic E-state index is 13.2. The number of methoxy groups -OCH3 is 1. The van der Waals surface area contributed by atoms with E-state index in [2.05, 4.69) is 59.0 Å². The predicted octanol–water partition coefficient (Wildman–Crippen LogP) is 3.82. The molecule has 1 aromatic carbocycles. The van der Waals surface area contributed by atoms with Gasteiger partial charge in [-0.1, -0.05) is 29.5 Å². The standard InChI is InChI=1S/C29H38N8O3S/c1-39-26(20-11-15-36(16-12-20)18-21-6-2-3-9-24(21)40-23-7-4-8-23)27(38)32-29-35-34-28(41-29)31-22-13-17-37(19-22)25-10-5-14-30-33-25/h2-3,5-6,9-10,14,20,22-23,26H,4,7-8,11-13,15-19H2,1H3,(H,31,34)(H,32,35,38)/t22-,26?/m1/s1. The number of hydrogen-bond donors (Lipinski definition) is 2.